The van der Waals surface area contributed by atoms with Gasteiger partial charge in [0, 0.05) is 50.2 Å². The van der Waals surface area contributed by atoms with E-state index in [-0.39, 0.29) is 6.04 Å². The van der Waals surface area contributed by atoms with Crippen LogP contribution in [0.3, 0.4) is 0 Å². The summed E-state index contributed by atoms with van der Waals surface area (Å²) < 4.78 is 1.84. The molecule has 7 heteroatoms. The number of para-hydroxylation sites is 1. The molecule has 7 nitrogen and oxygen atoms in total. The van der Waals surface area contributed by atoms with Crippen molar-refractivity contribution < 1.29 is 0 Å². The Hall–Kier alpha value is -2.54. The van der Waals surface area contributed by atoms with Crippen LogP contribution in [0.25, 0.3) is 0 Å². The molecule has 1 aliphatic rings. The highest BCUT2D eigenvalue weighted by Gasteiger charge is 2.23. The van der Waals surface area contributed by atoms with Crippen LogP contribution in [-0.2, 0) is 7.05 Å². The third-order valence-corrected chi connectivity index (χ3v) is 5.15. The van der Waals surface area contributed by atoms with Gasteiger partial charge < -0.3 is 20.4 Å². The summed E-state index contributed by atoms with van der Waals surface area (Å²) in [5, 5.41) is 11.3. The average Bonchev–Trinajstić information content (AvgIpc) is 3.32. The molecule has 0 saturated carbocycles. The third kappa shape index (κ3) is 5.25. The van der Waals surface area contributed by atoms with Crippen molar-refractivity contribution in [3.8, 4) is 0 Å². The van der Waals surface area contributed by atoms with Gasteiger partial charge in [-0.3, -0.25) is 9.67 Å². The van der Waals surface area contributed by atoms with E-state index < -0.39 is 0 Å². The van der Waals surface area contributed by atoms with Crippen LogP contribution >= 0.6 is 0 Å². The summed E-state index contributed by atoms with van der Waals surface area (Å²) in [6, 6.07) is 11.2. The highest BCUT2D eigenvalue weighted by Crippen LogP contribution is 2.20. The normalized spacial score (nSPS) is 18.5. The smallest absolute Gasteiger partial charge is 0.191 e. The van der Waals surface area contributed by atoms with Gasteiger partial charge in [-0.2, -0.15) is 5.10 Å². The number of nitrogens with one attached hydrogen (secondary N) is 2. The van der Waals surface area contributed by atoms with Crippen molar-refractivity contribution >= 4 is 11.6 Å². The van der Waals surface area contributed by atoms with Gasteiger partial charge in [0.2, 0.25) is 0 Å². The van der Waals surface area contributed by atoms with E-state index in [0.717, 1.165) is 32.0 Å². The molecule has 1 fully saturated rings. The second-order valence-electron chi connectivity index (χ2n) is 7.56. The van der Waals surface area contributed by atoms with Crippen molar-refractivity contribution in [2.24, 2.45) is 12.0 Å². The summed E-state index contributed by atoms with van der Waals surface area (Å²) in [5.74, 6) is 0.887. The Bertz CT molecular complexity index is 753. The van der Waals surface area contributed by atoms with Crippen molar-refractivity contribution in [2.75, 3.05) is 45.2 Å². The second kappa shape index (κ2) is 9.59. The molecule has 1 aliphatic heterocycles. The van der Waals surface area contributed by atoms with E-state index in [9.17, 15) is 0 Å². The Morgan fingerprint density at radius 2 is 2.11 bits per heavy atom. The van der Waals surface area contributed by atoms with Crippen molar-refractivity contribution in [3.63, 3.8) is 0 Å². The van der Waals surface area contributed by atoms with Crippen molar-refractivity contribution in [2.45, 2.75) is 25.4 Å². The molecule has 28 heavy (non-hydrogen) atoms. The van der Waals surface area contributed by atoms with Gasteiger partial charge in [-0.1, -0.05) is 18.2 Å². The largest absolute Gasteiger partial charge is 0.369 e. The van der Waals surface area contributed by atoms with Crippen LogP contribution in [-0.4, -0.2) is 67.0 Å². The van der Waals surface area contributed by atoms with E-state index in [1.165, 1.54) is 11.3 Å². The molecule has 0 bridgehead atoms. The zero-order chi connectivity index (χ0) is 19.9. The zero-order valence-corrected chi connectivity index (χ0v) is 17.5. The molecular weight excluding hydrogens is 350 g/mol. The minimum Gasteiger partial charge on any atom is -0.369 e. The molecule has 0 amide bonds. The van der Waals surface area contributed by atoms with Gasteiger partial charge in [0.1, 0.15) is 0 Å². The first-order chi connectivity index (χ1) is 13.6. The molecule has 2 heterocycles. The molecule has 2 unspecified atom stereocenters. The molecule has 1 saturated heterocycles. The van der Waals surface area contributed by atoms with Crippen LogP contribution in [0.5, 0.6) is 0 Å². The molecule has 1 aromatic carbocycles. The fourth-order valence-electron chi connectivity index (χ4n) is 3.62. The van der Waals surface area contributed by atoms with Gasteiger partial charge in [-0.15, -0.1) is 0 Å². The summed E-state index contributed by atoms with van der Waals surface area (Å²) in [6.45, 7) is 5.70. The molecule has 152 valence electrons. The summed E-state index contributed by atoms with van der Waals surface area (Å²) in [5.41, 5.74) is 2.47. The van der Waals surface area contributed by atoms with Crippen molar-refractivity contribution in [3.05, 3.63) is 48.3 Å². The number of benzene rings is 1. The minimum atomic E-state index is 0.202. The van der Waals surface area contributed by atoms with E-state index in [0.29, 0.717) is 12.6 Å². The number of anilines is 1. The van der Waals surface area contributed by atoms with E-state index in [1.807, 2.05) is 17.9 Å². The maximum atomic E-state index is 4.88. The Kier molecular flexibility index (Phi) is 6.92. The number of aromatic nitrogens is 2. The first-order valence-electron chi connectivity index (χ1n) is 10.1. The first kappa shape index (κ1) is 20.2. The Morgan fingerprint density at radius 1 is 1.32 bits per heavy atom. The van der Waals surface area contributed by atoms with Gasteiger partial charge in [0.25, 0.3) is 0 Å². The number of guanidine groups is 1. The fraction of sp³-hybridized carbons (Fsp3) is 0.524. The summed E-state index contributed by atoms with van der Waals surface area (Å²) in [7, 11) is 6.12. The quantitative estimate of drug-likeness (QED) is 0.565. The van der Waals surface area contributed by atoms with E-state index >= 15 is 0 Å². The molecule has 2 atom stereocenters. The lowest BCUT2D eigenvalue weighted by molar-refractivity contribution is 0.306. The number of nitrogens with zero attached hydrogens (tertiary/aromatic N) is 5. The van der Waals surface area contributed by atoms with Gasteiger partial charge in [-0.25, -0.2) is 0 Å². The minimum absolute atomic E-state index is 0.202. The van der Waals surface area contributed by atoms with E-state index in [1.54, 1.807) is 0 Å². The predicted molar refractivity (Wildman–Crippen MR) is 116 cm³/mol. The average molecular weight is 384 g/mol. The number of rotatable bonds is 7. The molecule has 2 N–H and O–H groups in total. The fourth-order valence-corrected chi connectivity index (χ4v) is 3.62. The number of likely N-dealkylation sites (N-methyl/N-ethyl adjacent to an activating group) is 1. The van der Waals surface area contributed by atoms with Gasteiger partial charge in [0.15, 0.2) is 5.96 Å². The highest BCUT2D eigenvalue weighted by molar-refractivity contribution is 5.80. The van der Waals surface area contributed by atoms with Crippen LogP contribution < -0.4 is 15.5 Å². The summed E-state index contributed by atoms with van der Waals surface area (Å²) >= 11 is 0. The van der Waals surface area contributed by atoms with E-state index in [2.05, 4.69) is 83.1 Å². The molecule has 0 spiro atoms. The number of hydrogen-bond donors (Lipinski definition) is 2. The van der Waals surface area contributed by atoms with E-state index in [4.69, 9.17) is 4.99 Å². The van der Waals surface area contributed by atoms with Gasteiger partial charge in [0.05, 0.1) is 18.8 Å². The maximum Gasteiger partial charge on any atom is 0.191 e. The Morgan fingerprint density at radius 3 is 2.75 bits per heavy atom. The third-order valence-electron chi connectivity index (χ3n) is 5.15. The van der Waals surface area contributed by atoms with Crippen LogP contribution in [0, 0.1) is 0 Å². The highest BCUT2D eigenvalue weighted by atomic mass is 15.3. The molecule has 1 aromatic heterocycles. The Balaban J connectivity index is 1.62. The van der Waals surface area contributed by atoms with Crippen LogP contribution in [0.15, 0.2) is 47.7 Å². The molecular formula is C21H33N7. The van der Waals surface area contributed by atoms with Gasteiger partial charge in [-0.05, 0) is 39.6 Å². The molecule has 0 radical (unpaired) electrons. The Labute approximate surface area is 168 Å². The molecule has 2 aromatic rings. The standard InChI is InChI=1S/C21H33N7/c1-5-22-21(23-14-20(26(2)3)17-13-24-27(4)15-17)25-18-11-12-28(16-18)19-9-7-6-8-10-19/h6-10,13,15,18,20H,5,11-12,14,16H2,1-4H3,(H2,22,23,25). The maximum absolute atomic E-state index is 4.88. The topological polar surface area (TPSA) is 60.7 Å². The summed E-state index contributed by atoms with van der Waals surface area (Å²) in [6.07, 6.45) is 5.10. The number of aliphatic imine (C=N–C) groups is 1. The number of aryl methyl sites for hydroxylation is 1. The summed E-state index contributed by atoms with van der Waals surface area (Å²) in [4.78, 5) is 9.50. The monoisotopic (exact) mass is 383 g/mol. The number of hydrogen-bond acceptors (Lipinski definition) is 4. The van der Waals surface area contributed by atoms with Crippen LogP contribution in [0.2, 0.25) is 0 Å². The van der Waals surface area contributed by atoms with Crippen LogP contribution in [0.1, 0.15) is 24.9 Å². The lowest BCUT2D eigenvalue weighted by Crippen LogP contribution is -2.45. The molecule has 0 aliphatic carbocycles. The zero-order valence-electron chi connectivity index (χ0n) is 17.5. The van der Waals surface area contributed by atoms with Crippen molar-refractivity contribution in [1.82, 2.24) is 25.3 Å². The predicted octanol–water partition coefficient (Wildman–Crippen LogP) is 1.86. The van der Waals surface area contributed by atoms with Gasteiger partial charge >= 0.3 is 0 Å². The SMILES string of the molecule is CCNC(=NCC(c1cnn(C)c1)N(C)C)NC1CCN(c2ccccc2)C1. The molecule has 3 rings (SSSR count). The van der Waals surface area contributed by atoms with Crippen molar-refractivity contribution in [1.29, 1.82) is 0 Å². The van der Waals surface area contributed by atoms with Crippen LogP contribution in [0.4, 0.5) is 5.69 Å². The lowest BCUT2D eigenvalue weighted by atomic mass is 10.1. The lowest BCUT2D eigenvalue weighted by Gasteiger charge is -2.23. The second-order valence-corrected chi connectivity index (χ2v) is 7.56. The first-order valence-corrected chi connectivity index (χ1v) is 10.1.